The molecule has 0 aromatic heterocycles. The van der Waals surface area contributed by atoms with Crippen LogP contribution in [0.2, 0.25) is 5.02 Å². The number of anilines is 1. The van der Waals surface area contributed by atoms with Crippen LogP contribution in [-0.4, -0.2) is 38.8 Å². The number of carbonyl (C=O) groups is 1. The SMILES string of the molecule is O=C(Cc1ccc(N2CCOCC2)cc1)NCCc1ccc(Cl)cc1. The van der Waals surface area contributed by atoms with E-state index in [1.165, 1.54) is 11.3 Å². The lowest BCUT2D eigenvalue weighted by molar-refractivity contribution is -0.120. The Bertz CT molecular complexity index is 680. The van der Waals surface area contributed by atoms with Gasteiger partial charge in [-0.05, 0) is 41.8 Å². The van der Waals surface area contributed by atoms with Crippen LogP contribution >= 0.6 is 11.6 Å². The summed E-state index contributed by atoms with van der Waals surface area (Å²) in [5.74, 6) is 0.0492. The molecule has 5 heteroatoms. The lowest BCUT2D eigenvalue weighted by atomic mass is 10.1. The molecule has 2 aromatic rings. The van der Waals surface area contributed by atoms with E-state index in [0.717, 1.165) is 43.3 Å². The van der Waals surface area contributed by atoms with Gasteiger partial charge in [0.15, 0.2) is 0 Å². The Morgan fingerprint density at radius 2 is 1.64 bits per heavy atom. The summed E-state index contributed by atoms with van der Waals surface area (Å²) in [4.78, 5) is 14.4. The number of morpholine rings is 1. The van der Waals surface area contributed by atoms with Crippen molar-refractivity contribution in [2.45, 2.75) is 12.8 Å². The molecule has 25 heavy (non-hydrogen) atoms. The number of nitrogens with zero attached hydrogens (tertiary/aromatic N) is 1. The number of carbonyl (C=O) groups excluding carboxylic acids is 1. The first-order chi connectivity index (χ1) is 12.2. The second kappa shape index (κ2) is 8.88. The van der Waals surface area contributed by atoms with Crippen molar-refractivity contribution in [2.24, 2.45) is 0 Å². The van der Waals surface area contributed by atoms with Crippen molar-refractivity contribution in [1.29, 1.82) is 0 Å². The van der Waals surface area contributed by atoms with Crippen molar-refractivity contribution in [1.82, 2.24) is 5.32 Å². The molecule has 0 atom stereocenters. The molecule has 1 aliphatic heterocycles. The van der Waals surface area contributed by atoms with E-state index < -0.39 is 0 Å². The number of hydrogen-bond acceptors (Lipinski definition) is 3. The van der Waals surface area contributed by atoms with E-state index in [9.17, 15) is 4.79 Å². The summed E-state index contributed by atoms with van der Waals surface area (Å²) in [5.41, 5.74) is 3.38. The Morgan fingerprint density at radius 1 is 1.00 bits per heavy atom. The molecule has 0 bridgehead atoms. The van der Waals surface area contributed by atoms with Crippen LogP contribution < -0.4 is 10.2 Å². The standard InChI is InChI=1S/C20H23ClN2O2/c21-18-5-1-16(2-6-18)9-10-22-20(24)15-17-3-7-19(8-4-17)23-11-13-25-14-12-23/h1-8H,9-15H2,(H,22,24). The van der Waals surface area contributed by atoms with Crippen LogP contribution in [0.25, 0.3) is 0 Å². The number of benzene rings is 2. The molecule has 0 saturated carbocycles. The first kappa shape index (κ1) is 17.8. The van der Waals surface area contributed by atoms with Gasteiger partial charge in [0.1, 0.15) is 0 Å². The summed E-state index contributed by atoms with van der Waals surface area (Å²) in [5, 5.41) is 3.70. The van der Waals surface area contributed by atoms with Crippen LogP contribution in [0, 0.1) is 0 Å². The fraction of sp³-hybridized carbons (Fsp3) is 0.350. The van der Waals surface area contributed by atoms with Crippen LogP contribution in [0.3, 0.4) is 0 Å². The first-order valence-electron chi connectivity index (χ1n) is 8.63. The molecule has 132 valence electrons. The lowest BCUT2D eigenvalue weighted by Gasteiger charge is -2.28. The van der Waals surface area contributed by atoms with Crippen molar-refractivity contribution >= 4 is 23.2 Å². The highest BCUT2D eigenvalue weighted by Gasteiger charge is 2.11. The second-order valence-electron chi connectivity index (χ2n) is 6.17. The molecule has 1 saturated heterocycles. The monoisotopic (exact) mass is 358 g/mol. The molecule has 0 unspecified atom stereocenters. The van der Waals surface area contributed by atoms with Gasteiger partial charge in [-0.25, -0.2) is 0 Å². The maximum atomic E-state index is 12.1. The highest BCUT2D eigenvalue weighted by Crippen LogP contribution is 2.17. The Labute approximate surface area is 153 Å². The molecule has 0 radical (unpaired) electrons. The van der Waals surface area contributed by atoms with Gasteiger partial charge in [0.2, 0.25) is 5.91 Å². The Hall–Kier alpha value is -2.04. The van der Waals surface area contributed by atoms with Gasteiger partial charge in [0.05, 0.1) is 19.6 Å². The normalized spacial score (nSPS) is 14.4. The van der Waals surface area contributed by atoms with Crippen LogP contribution in [0.5, 0.6) is 0 Å². The van der Waals surface area contributed by atoms with E-state index in [-0.39, 0.29) is 5.91 Å². The number of nitrogens with one attached hydrogen (secondary N) is 1. The topological polar surface area (TPSA) is 41.6 Å². The van der Waals surface area contributed by atoms with Gasteiger partial charge < -0.3 is 15.0 Å². The van der Waals surface area contributed by atoms with Crippen molar-refractivity contribution < 1.29 is 9.53 Å². The van der Waals surface area contributed by atoms with E-state index in [4.69, 9.17) is 16.3 Å². The fourth-order valence-electron chi connectivity index (χ4n) is 2.89. The maximum absolute atomic E-state index is 12.1. The quantitative estimate of drug-likeness (QED) is 0.862. The summed E-state index contributed by atoms with van der Waals surface area (Å²) < 4.78 is 5.37. The van der Waals surface area contributed by atoms with Gasteiger partial charge in [-0.1, -0.05) is 35.9 Å². The van der Waals surface area contributed by atoms with Crippen molar-refractivity contribution in [3.05, 3.63) is 64.7 Å². The van der Waals surface area contributed by atoms with Crippen LogP contribution in [0.1, 0.15) is 11.1 Å². The van der Waals surface area contributed by atoms with Crippen LogP contribution in [0.15, 0.2) is 48.5 Å². The molecule has 1 aliphatic rings. The number of amides is 1. The third-order valence-electron chi connectivity index (χ3n) is 4.33. The predicted octanol–water partition coefficient (Wildman–Crippen LogP) is 3.08. The van der Waals surface area contributed by atoms with Crippen LogP contribution in [-0.2, 0) is 22.4 Å². The highest BCUT2D eigenvalue weighted by molar-refractivity contribution is 6.30. The molecule has 0 aliphatic carbocycles. The average Bonchev–Trinajstić information content (AvgIpc) is 2.65. The highest BCUT2D eigenvalue weighted by atomic mass is 35.5. The van der Waals surface area contributed by atoms with Crippen molar-refractivity contribution in [3.8, 4) is 0 Å². The molecule has 1 amide bonds. The largest absolute Gasteiger partial charge is 0.378 e. The number of rotatable bonds is 6. The summed E-state index contributed by atoms with van der Waals surface area (Å²) in [7, 11) is 0. The zero-order valence-corrected chi connectivity index (χ0v) is 15.0. The maximum Gasteiger partial charge on any atom is 0.224 e. The van der Waals surface area contributed by atoms with Crippen molar-refractivity contribution in [3.63, 3.8) is 0 Å². The molecule has 4 nitrogen and oxygen atoms in total. The molecule has 2 aromatic carbocycles. The molecule has 1 fully saturated rings. The van der Waals surface area contributed by atoms with Gasteiger partial charge in [-0.2, -0.15) is 0 Å². The smallest absolute Gasteiger partial charge is 0.224 e. The fourth-order valence-corrected chi connectivity index (χ4v) is 3.02. The zero-order valence-electron chi connectivity index (χ0n) is 14.2. The summed E-state index contributed by atoms with van der Waals surface area (Å²) >= 11 is 5.87. The van der Waals surface area contributed by atoms with Gasteiger partial charge in [0, 0.05) is 30.3 Å². The average molecular weight is 359 g/mol. The van der Waals surface area contributed by atoms with Gasteiger partial charge in [-0.15, -0.1) is 0 Å². The molecule has 0 spiro atoms. The summed E-state index contributed by atoms with van der Waals surface area (Å²) in [6.07, 6.45) is 1.21. The van der Waals surface area contributed by atoms with E-state index >= 15 is 0 Å². The number of hydrogen-bond donors (Lipinski definition) is 1. The molecular formula is C20H23ClN2O2. The minimum atomic E-state index is 0.0492. The van der Waals surface area contributed by atoms with Gasteiger partial charge in [-0.3, -0.25) is 4.79 Å². The minimum absolute atomic E-state index is 0.0492. The first-order valence-corrected chi connectivity index (χ1v) is 9.01. The minimum Gasteiger partial charge on any atom is -0.378 e. The molecule has 1 heterocycles. The van der Waals surface area contributed by atoms with Crippen molar-refractivity contribution in [2.75, 3.05) is 37.7 Å². The van der Waals surface area contributed by atoms with Gasteiger partial charge >= 0.3 is 0 Å². The number of halogens is 1. The summed E-state index contributed by atoms with van der Waals surface area (Å²) in [6, 6.07) is 15.9. The second-order valence-corrected chi connectivity index (χ2v) is 6.61. The predicted molar refractivity (Wildman–Crippen MR) is 101 cm³/mol. The van der Waals surface area contributed by atoms with E-state index in [1.54, 1.807) is 0 Å². The third-order valence-corrected chi connectivity index (χ3v) is 4.58. The Kier molecular flexibility index (Phi) is 6.31. The molecule has 3 rings (SSSR count). The van der Waals surface area contributed by atoms with Crippen LogP contribution in [0.4, 0.5) is 5.69 Å². The summed E-state index contributed by atoms with van der Waals surface area (Å²) in [6.45, 7) is 4.02. The van der Waals surface area contributed by atoms with E-state index in [0.29, 0.717) is 13.0 Å². The zero-order chi connectivity index (χ0) is 17.5. The molecule has 1 N–H and O–H groups in total. The lowest BCUT2D eigenvalue weighted by Crippen LogP contribution is -2.36. The Balaban J connectivity index is 1.43. The molecular weight excluding hydrogens is 336 g/mol. The van der Waals surface area contributed by atoms with E-state index in [1.807, 2.05) is 36.4 Å². The third kappa shape index (κ3) is 5.48. The van der Waals surface area contributed by atoms with E-state index in [2.05, 4.69) is 22.3 Å². The van der Waals surface area contributed by atoms with Gasteiger partial charge in [0.25, 0.3) is 0 Å². The Morgan fingerprint density at radius 3 is 2.32 bits per heavy atom. The number of ether oxygens (including phenoxy) is 1.